The van der Waals surface area contributed by atoms with Crippen LogP contribution in [0.4, 0.5) is 0 Å². The van der Waals surface area contributed by atoms with Crippen LogP contribution < -0.4 is 5.73 Å². The van der Waals surface area contributed by atoms with Crippen molar-refractivity contribution < 1.29 is 0 Å². The van der Waals surface area contributed by atoms with Crippen LogP contribution in [0.25, 0.3) is 0 Å². The molecule has 0 heterocycles. The van der Waals surface area contributed by atoms with Gasteiger partial charge >= 0.3 is 0 Å². The summed E-state index contributed by atoms with van der Waals surface area (Å²) < 4.78 is 0. The van der Waals surface area contributed by atoms with E-state index in [4.69, 9.17) is 11.1 Å². The lowest BCUT2D eigenvalue weighted by molar-refractivity contribution is 0.345. The van der Waals surface area contributed by atoms with Crippen molar-refractivity contribution in [3.05, 3.63) is 35.4 Å². The van der Waals surface area contributed by atoms with Crippen molar-refractivity contribution in [1.82, 2.24) is 4.90 Å². The SMILES string of the molecule is CCN(C)Cc1ccccc1C(=N)N. The van der Waals surface area contributed by atoms with E-state index in [-0.39, 0.29) is 5.84 Å². The third-order valence-electron chi connectivity index (χ3n) is 2.29. The van der Waals surface area contributed by atoms with Gasteiger partial charge in [0, 0.05) is 12.1 Å². The van der Waals surface area contributed by atoms with E-state index in [2.05, 4.69) is 18.9 Å². The number of rotatable bonds is 4. The molecule has 0 saturated carbocycles. The van der Waals surface area contributed by atoms with Gasteiger partial charge in [0.2, 0.25) is 0 Å². The van der Waals surface area contributed by atoms with Gasteiger partial charge in [-0.3, -0.25) is 5.41 Å². The van der Waals surface area contributed by atoms with Crippen LogP contribution in [0.5, 0.6) is 0 Å². The minimum Gasteiger partial charge on any atom is -0.384 e. The fraction of sp³-hybridized carbons (Fsp3) is 0.364. The van der Waals surface area contributed by atoms with Crippen molar-refractivity contribution >= 4 is 5.84 Å². The standard InChI is InChI=1S/C11H17N3/c1-3-14(2)8-9-6-4-5-7-10(9)11(12)13/h4-7H,3,8H2,1-2H3,(H3,12,13). The van der Waals surface area contributed by atoms with Crippen LogP contribution in [-0.2, 0) is 6.54 Å². The molecule has 3 heteroatoms. The molecule has 0 atom stereocenters. The maximum absolute atomic E-state index is 7.44. The van der Waals surface area contributed by atoms with Crippen LogP contribution >= 0.6 is 0 Å². The lowest BCUT2D eigenvalue weighted by atomic mass is 10.1. The third kappa shape index (κ3) is 2.57. The lowest BCUT2D eigenvalue weighted by Crippen LogP contribution is -2.20. The van der Waals surface area contributed by atoms with E-state index in [1.165, 1.54) is 0 Å². The van der Waals surface area contributed by atoms with E-state index in [0.29, 0.717) is 0 Å². The van der Waals surface area contributed by atoms with Gasteiger partial charge in [-0.15, -0.1) is 0 Å². The second kappa shape index (κ2) is 4.77. The van der Waals surface area contributed by atoms with E-state index in [9.17, 15) is 0 Å². The summed E-state index contributed by atoms with van der Waals surface area (Å²) in [7, 11) is 2.05. The van der Waals surface area contributed by atoms with Crippen molar-refractivity contribution in [3.8, 4) is 0 Å². The number of hydrogen-bond acceptors (Lipinski definition) is 2. The summed E-state index contributed by atoms with van der Waals surface area (Å²) in [6.45, 7) is 3.94. The predicted octanol–water partition coefficient (Wildman–Crippen LogP) is 1.42. The molecular formula is C11H17N3. The first kappa shape index (κ1) is 10.7. The number of amidine groups is 1. The van der Waals surface area contributed by atoms with Crippen molar-refractivity contribution in [2.24, 2.45) is 5.73 Å². The van der Waals surface area contributed by atoms with Crippen molar-refractivity contribution in [2.45, 2.75) is 13.5 Å². The summed E-state index contributed by atoms with van der Waals surface area (Å²) in [5.74, 6) is 0.144. The van der Waals surface area contributed by atoms with Crippen LogP contribution in [0.3, 0.4) is 0 Å². The van der Waals surface area contributed by atoms with Gasteiger partial charge in [-0.1, -0.05) is 31.2 Å². The number of benzene rings is 1. The Kier molecular flexibility index (Phi) is 3.65. The minimum absolute atomic E-state index is 0.144. The van der Waals surface area contributed by atoms with E-state index in [0.717, 1.165) is 24.2 Å². The molecule has 0 unspecified atom stereocenters. The molecule has 0 spiro atoms. The minimum atomic E-state index is 0.144. The Hall–Kier alpha value is -1.35. The zero-order valence-corrected chi connectivity index (χ0v) is 8.75. The van der Waals surface area contributed by atoms with Gasteiger partial charge in [0.05, 0.1) is 0 Å². The number of nitrogens with zero attached hydrogens (tertiary/aromatic N) is 1. The number of nitrogens with two attached hydrogens (primary N) is 1. The topological polar surface area (TPSA) is 53.1 Å². The van der Waals surface area contributed by atoms with Gasteiger partial charge in [-0.25, -0.2) is 0 Å². The zero-order chi connectivity index (χ0) is 10.6. The molecule has 1 rings (SSSR count). The normalized spacial score (nSPS) is 10.5. The first-order valence-electron chi connectivity index (χ1n) is 4.76. The van der Waals surface area contributed by atoms with Crippen molar-refractivity contribution in [1.29, 1.82) is 5.41 Å². The van der Waals surface area contributed by atoms with Gasteiger partial charge in [0.25, 0.3) is 0 Å². The second-order valence-corrected chi connectivity index (χ2v) is 3.40. The van der Waals surface area contributed by atoms with E-state index < -0.39 is 0 Å². The number of nitrogen functional groups attached to an aromatic ring is 1. The summed E-state index contributed by atoms with van der Waals surface area (Å²) in [6.07, 6.45) is 0. The van der Waals surface area contributed by atoms with Crippen LogP contribution in [0, 0.1) is 5.41 Å². The molecule has 0 aliphatic rings. The van der Waals surface area contributed by atoms with Gasteiger partial charge in [0.15, 0.2) is 0 Å². The summed E-state index contributed by atoms with van der Waals surface area (Å²) in [6, 6.07) is 7.79. The highest BCUT2D eigenvalue weighted by molar-refractivity contribution is 5.96. The molecule has 3 nitrogen and oxygen atoms in total. The molecule has 0 aliphatic carbocycles. The maximum atomic E-state index is 7.44. The molecule has 0 fully saturated rings. The molecule has 14 heavy (non-hydrogen) atoms. The van der Waals surface area contributed by atoms with Crippen molar-refractivity contribution in [2.75, 3.05) is 13.6 Å². The molecule has 0 amide bonds. The Labute approximate surface area is 85.0 Å². The van der Waals surface area contributed by atoms with Crippen LogP contribution in [-0.4, -0.2) is 24.3 Å². The summed E-state index contributed by atoms with van der Waals surface area (Å²) in [5, 5.41) is 7.44. The summed E-state index contributed by atoms with van der Waals surface area (Å²) >= 11 is 0. The average molecular weight is 191 g/mol. The molecule has 0 saturated heterocycles. The van der Waals surface area contributed by atoms with Gasteiger partial charge in [0.1, 0.15) is 5.84 Å². The van der Waals surface area contributed by atoms with Gasteiger partial charge in [-0.05, 0) is 19.2 Å². The summed E-state index contributed by atoms with van der Waals surface area (Å²) in [4.78, 5) is 2.18. The number of nitrogens with one attached hydrogen (secondary N) is 1. The first-order chi connectivity index (χ1) is 6.65. The largest absolute Gasteiger partial charge is 0.384 e. The Morgan fingerprint density at radius 1 is 1.43 bits per heavy atom. The highest BCUT2D eigenvalue weighted by Gasteiger charge is 2.05. The lowest BCUT2D eigenvalue weighted by Gasteiger charge is -2.16. The van der Waals surface area contributed by atoms with Gasteiger partial charge < -0.3 is 10.6 Å². The Balaban J connectivity index is 2.90. The summed E-state index contributed by atoms with van der Waals surface area (Å²) in [5.41, 5.74) is 7.45. The third-order valence-corrected chi connectivity index (χ3v) is 2.29. The van der Waals surface area contributed by atoms with Crippen LogP contribution in [0.15, 0.2) is 24.3 Å². The Morgan fingerprint density at radius 3 is 2.64 bits per heavy atom. The molecule has 76 valence electrons. The fourth-order valence-corrected chi connectivity index (χ4v) is 1.32. The van der Waals surface area contributed by atoms with E-state index in [1.54, 1.807) is 0 Å². The average Bonchev–Trinajstić information content (AvgIpc) is 2.18. The Bertz CT molecular complexity index is 320. The number of hydrogen-bond donors (Lipinski definition) is 2. The fourth-order valence-electron chi connectivity index (χ4n) is 1.32. The van der Waals surface area contributed by atoms with E-state index >= 15 is 0 Å². The Morgan fingerprint density at radius 2 is 2.07 bits per heavy atom. The zero-order valence-electron chi connectivity index (χ0n) is 8.75. The second-order valence-electron chi connectivity index (χ2n) is 3.40. The molecule has 0 aliphatic heterocycles. The highest BCUT2D eigenvalue weighted by Crippen LogP contribution is 2.09. The van der Waals surface area contributed by atoms with Gasteiger partial charge in [-0.2, -0.15) is 0 Å². The molecule has 3 N–H and O–H groups in total. The molecule has 1 aromatic carbocycles. The molecular weight excluding hydrogens is 174 g/mol. The quantitative estimate of drug-likeness (QED) is 0.558. The van der Waals surface area contributed by atoms with Crippen molar-refractivity contribution in [3.63, 3.8) is 0 Å². The monoisotopic (exact) mass is 191 g/mol. The first-order valence-corrected chi connectivity index (χ1v) is 4.76. The van der Waals surface area contributed by atoms with E-state index in [1.807, 2.05) is 24.3 Å². The molecule has 1 aromatic rings. The van der Waals surface area contributed by atoms with Crippen LogP contribution in [0.2, 0.25) is 0 Å². The molecule has 0 aromatic heterocycles. The maximum Gasteiger partial charge on any atom is 0.123 e. The molecule has 0 radical (unpaired) electrons. The van der Waals surface area contributed by atoms with Crippen LogP contribution in [0.1, 0.15) is 18.1 Å². The molecule has 0 bridgehead atoms. The predicted molar refractivity (Wildman–Crippen MR) is 59.5 cm³/mol. The smallest absolute Gasteiger partial charge is 0.123 e. The highest BCUT2D eigenvalue weighted by atomic mass is 15.1.